The number of amides is 1. The molecule has 2 aromatic rings. The number of rotatable bonds is 5. The summed E-state index contributed by atoms with van der Waals surface area (Å²) in [5.74, 6) is -2.14. The first-order valence-corrected chi connectivity index (χ1v) is 9.48. The molecule has 3 atom stereocenters. The third kappa shape index (κ3) is 3.91. The molecule has 1 saturated carbocycles. The first-order chi connectivity index (χ1) is 13.6. The summed E-state index contributed by atoms with van der Waals surface area (Å²) < 4.78 is 39.5. The third-order valence-electron chi connectivity index (χ3n) is 5.42. The van der Waals surface area contributed by atoms with Crippen LogP contribution in [-0.4, -0.2) is 47.2 Å². The average molecular weight is 388 g/mol. The summed E-state index contributed by atoms with van der Waals surface area (Å²) in [6.07, 6.45) is 4.53. The number of carbonyl (C=O) groups is 1. The van der Waals surface area contributed by atoms with E-state index in [4.69, 9.17) is 9.47 Å². The molecule has 1 amide bonds. The molecule has 148 valence electrons. The number of pyridine rings is 1. The van der Waals surface area contributed by atoms with Crippen molar-refractivity contribution < 1.29 is 23.0 Å². The van der Waals surface area contributed by atoms with E-state index in [0.717, 1.165) is 24.5 Å². The van der Waals surface area contributed by atoms with Crippen LogP contribution in [0.1, 0.15) is 24.0 Å². The Bertz CT molecular complexity index is 834. The van der Waals surface area contributed by atoms with Gasteiger partial charge in [-0.05, 0) is 30.5 Å². The summed E-state index contributed by atoms with van der Waals surface area (Å²) in [5, 5.41) is 0. The lowest BCUT2D eigenvalue weighted by Crippen LogP contribution is -2.47. The maximum absolute atomic E-state index is 14.0. The Hall–Kier alpha value is -2.38. The monoisotopic (exact) mass is 388 g/mol. The van der Waals surface area contributed by atoms with Gasteiger partial charge in [0.1, 0.15) is 6.10 Å². The van der Waals surface area contributed by atoms with Gasteiger partial charge in [-0.1, -0.05) is 18.2 Å². The second kappa shape index (κ2) is 8.32. The van der Waals surface area contributed by atoms with Gasteiger partial charge in [0.25, 0.3) is 0 Å². The van der Waals surface area contributed by atoms with Crippen molar-refractivity contribution in [1.29, 1.82) is 0 Å². The molecule has 1 aromatic heterocycles. The maximum atomic E-state index is 14.0. The van der Waals surface area contributed by atoms with Gasteiger partial charge < -0.3 is 14.4 Å². The third-order valence-corrected chi connectivity index (χ3v) is 5.42. The Morgan fingerprint density at radius 3 is 2.96 bits per heavy atom. The van der Waals surface area contributed by atoms with Gasteiger partial charge in [-0.2, -0.15) is 0 Å². The highest BCUT2D eigenvalue weighted by atomic mass is 19.2. The lowest BCUT2D eigenvalue weighted by atomic mass is 10.1. The van der Waals surface area contributed by atoms with Crippen molar-refractivity contribution in [3.8, 4) is 0 Å². The number of halogens is 2. The fraction of sp³-hybridized carbons (Fsp3) is 0.429. The highest BCUT2D eigenvalue weighted by Crippen LogP contribution is 2.33. The minimum Gasteiger partial charge on any atom is -0.374 e. The standard InChI is InChI=1S/C21H22F2N2O3/c22-16-5-1-4-15(20(16)23)11-19(26)25-9-10-27-18-7-6-17(25)21(18)28-13-14-3-2-8-24-12-14/h1-5,8,12,17-18,21H,6-7,9-11,13H2. The second-order valence-electron chi connectivity index (χ2n) is 7.17. The Morgan fingerprint density at radius 2 is 2.14 bits per heavy atom. The summed E-state index contributed by atoms with van der Waals surface area (Å²) >= 11 is 0. The van der Waals surface area contributed by atoms with Crippen LogP contribution in [0.2, 0.25) is 0 Å². The average Bonchev–Trinajstić information content (AvgIpc) is 2.99. The van der Waals surface area contributed by atoms with Gasteiger partial charge in [0.05, 0.1) is 31.8 Å². The Labute approximate surface area is 162 Å². The molecule has 1 aromatic carbocycles. The predicted molar refractivity (Wildman–Crippen MR) is 97.4 cm³/mol. The highest BCUT2D eigenvalue weighted by molar-refractivity contribution is 5.79. The molecule has 2 fully saturated rings. The van der Waals surface area contributed by atoms with Crippen molar-refractivity contribution in [2.24, 2.45) is 0 Å². The lowest BCUT2D eigenvalue weighted by Gasteiger charge is -2.31. The molecule has 0 radical (unpaired) electrons. The Morgan fingerprint density at radius 1 is 1.25 bits per heavy atom. The summed E-state index contributed by atoms with van der Waals surface area (Å²) in [6.45, 7) is 1.21. The number of ether oxygens (including phenoxy) is 2. The molecule has 4 rings (SSSR count). The molecular formula is C21H22F2N2O3. The zero-order valence-electron chi connectivity index (χ0n) is 15.4. The largest absolute Gasteiger partial charge is 0.374 e. The van der Waals surface area contributed by atoms with E-state index >= 15 is 0 Å². The number of hydrogen-bond donors (Lipinski definition) is 0. The molecule has 3 unspecified atom stereocenters. The molecule has 1 aliphatic heterocycles. The molecule has 2 bridgehead atoms. The van der Waals surface area contributed by atoms with Crippen LogP contribution >= 0.6 is 0 Å². The van der Waals surface area contributed by atoms with Crippen molar-refractivity contribution in [3.05, 3.63) is 65.5 Å². The molecular weight excluding hydrogens is 366 g/mol. The fourth-order valence-corrected chi connectivity index (χ4v) is 4.04. The normalized spacial score (nSPS) is 24.2. The number of hydrogen-bond acceptors (Lipinski definition) is 4. The van der Waals surface area contributed by atoms with Crippen LogP contribution in [0, 0.1) is 11.6 Å². The van der Waals surface area contributed by atoms with E-state index in [9.17, 15) is 13.6 Å². The van der Waals surface area contributed by atoms with E-state index in [1.807, 2.05) is 12.1 Å². The van der Waals surface area contributed by atoms with Gasteiger partial charge >= 0.3 is 0 Å². The van der Waals surface area contributed by atoms with Gasteiger partial charge in [-0.3, -0.25) is 9.78 Å². The van der Waals surface area contributed by atoms with E-state index in [0.29, 0.717) is 19.8 Å². The van der Waals surface area contributed by atoms with Crippen LogP contribution < -0.4 is 0 Å². The molecule has 0 spiro atoms. The number of fused-ring (bicyclic) bond motifs is 2. The minimum atomic E-state index is -0.962. The van der Waals surface area contributed by atoms with Gasteiger partial charge in [0.2, 0.25) is 5.91 Å². The van der Waals surface area contributed by atoms with Crippen LogP contribution in [0.25, 0.3) is 0 Å². The molecule has 5 nitrogen and oxygen atoms in total. The zero-order chi connectivity index (χ0) is 19.5. The second-order valence-corrected chi connectivity index (χ2v) is 7.17. The molecule has 0 N–H and O–H groups in total. The van der Waals surface area contributed by atoms with E-state index < -0.39 is 11.6 Å². The van der Waals surface area contributed by atoms with Crippen molar-refractivity contribution in [2.75, 3.05) is 13.2 Å². The number of aromatic nitrogens is 1. The van der Waals surface area contributed by atoms with Crippen LogP contribution in [0.15, 0.2) is 42.7 Å². The van der Waals surface area contributed by atoms with Crippen molar-refractivity contribution in [2.45, 2.75) is 44.1 Å². The van der Waals surface area contributed by atoms with E-state index in [1.165, 1.54) is 12.1 Å². The number of carbonyl (C=O) groups excluding carboxylic acids is 1. The van der Waals surface area contributed by atoms with Gasteiger partial charge in [-0.25, -0.2) is 8.78 Å². The summed E-state index contributed by atoms with van der Waals surface area (Å²) in [7, 11) is 0. The number of benzene rings is 1. The Balaban J connectivity index is 1.47. The predicted octanol–water partition coefficient (Wildman–Crippen LogP) is 2.88. The minimum absolute atomic E-state index is 0.0645. The molecule has 28 heavy (non-hydrogen) atoms. The van der Waals surface area contributed by atoms with Crippen LogP contribution in [0.3, 0.4) is 0 Å². The summed E-state index contributed by atoms with van der Waals surface area (Å²) in [6, 6.07) is 7.56. The van der Waals surface area contributed by atoms with Gasteiger partial charge in [-0.15, -0.1) is 0 Å². The van der Waals surface area contributed by atoms with Crippen LogP contribution in [0.5, 0.6) is 0 Å². The molecule has 2 aliphatic rings. The van der Waals surface area contributed by atoms with Crippen molar-refractivity contribution in [3.63, 3.8) is 0 Å². The molecule has 1 aliphatic carbocycles. The van der Waals surface area contributed by atoms with Gasteiger partial charge in [0.15, 0.2) is 11.6 Å². The molecule has 7 heteroatoms. The topological polar surface area (TPSA) is 51.7 Å². The fourth-order valence-electron chi connectivity index (χ4n) is 4.04. The molecule has 1 saturated heterocycles. The van der Waals surface area contributed by atoms with E-state index in [1.54, 1.807) is 17.3 Å². The van der Waals surface area contributed by atoms with E-state index in [-0.39, 0.29) is 36.1 Å². The Kier molecular flexibility index (Phi) is 5.64. The first-order valence-electron chi connectivity index (χ1n) is 9.48. The first kappa shape index (κ1) is 19.0. The quantitative estimate of drug-likeness (QED) is 0.791. The summed E-state index contributed by atoms with van der Waals surface area (Å²) in [4.78, 5) is 18.7. The van der Waals surface area contributed by atoms with Crippen molar-refractivity contribution in [1.82, 2.24) is 9.88 Å². The van der Waals surface area contributed by atoms with Crippen molar-refractivity contribution >= 4 is 5.91 Å². The highest BCUT2D eigenvalue weighted by Gasteiger charge is 2.44. The van der Waals surface area contributed by atoms with Crippen LogP contribution in [0.4, 0.5) is 8.78 Å². The summed E-state index contributed by atoms with van der Waals surface area (Å²) in [5.41, 5.74) is 1.02. The van der Waals surface area contributed by atoms with Crippen LogP contribution in [-0.2, 0) is 27.3 Å². The smallest absolute Gasteiger partial charge is 0.227 e. The number of nitrogens with zero attached hydrogens (tertiary/aromatic N) is 2. The maximum Gasteiger partial charge on any atom is 0.227 e. The van der Waals surface area contributed by atoms with E-state index in [2.05, 4.69) is 4.98 Å². The van der Waals surface area contributed by atoms with Gasteiger partial charge in [0, 0.05) is 24.5 Å². The SMILES string of the molecule is O=C(Cc1cccc(F)c1F)N1CCOC2CCC1C2OCc1cccnc1. The zero-order valence-corrected chi connectivity index (χ0v) is 15.4. The molecule has 2 heterocycles. The lowest BCUT2D eigenvalue weighted by molar-refractivity contribution is -0.135.